The molecule has 0 aromatic carbocycles. The highest BCUT2D eigenvalue weighted by Crippen LogP contribution is 2.20. The van der Waals surface area contributed by atoms with Crippen molar-refractivity contribution in [2.24, 2.45) is 0 Å². The van der Waals surface area contributed by atoms with E-state index in [0.717, 1.165) is 29.9 Å². The van der Waals surface area contributed by atoms with E-state index in [9.17, 15) is 0 Å². The third kappa shape index (κ3) is 5.36. The normalized spacial score (nSPS) is 16.6. The van der Waals surface area contributed by atoms with Crippen LogP contribution in [0.5, 0.6) is 0 Å². The Kier molecular flexibility index (Phi) is 6.25. The van der Waals surface area contributed by atoms with Crippen LogP contribution in [0.25, 0.3) is 11.0 Å². The van der Waals surface area contributed by atoms with Crippen molar-refractivity contribution in [1.82, 2.24) is 19.9 Å². The van der Waals surface area contributed by atoms with Crippen LogP contribution >= 0.6 is 0 Å². The Labute approximate surface area is 152 Å². The molecule has 2 aromatic rings. The lowest BCUT2D eigenvalue weighted by Crippen LogP contribution is -2.30. The molecule has 1 aliphatic carbocycles. The number of rotatable bonds is 8. The van der Waals surface area contributed by atoms with Crippen molar-refractivity contribution in [3.05, 3.63) is 24.3 Å². The number of fused-ring (bicyclic) bond motifs is 1. The van der Waals surface area contributed by atoms with Gasteiger partial charge in [-0.2, -0.15) is 0 Å². The third-order valence-corrected chi connectivity index (χ3v) is 6.73. The fraction of sp³-hybridized carbons (Fsp3) is 0.684. The van der Waals surface area contributed by atoms with Crippen molar-refractivity contribution < 1.29 is 4.74 Å². The average Bonchev–Trinajstić information content (AvgIpc) is 3.01. The Bertz CT molecular complexity index is 674. The van der Waals surface area contributed by atoms with E-state index in [4.69, 9.17) is 4.74 Å². The minimum atomic E-state index is -1.04. The Morgan fingerprint density at radius 2 is 2.00 bits per heavy atom. The van der Waals surface area contributed by atoms with Crippen molar-refractivity contribution in [3.8, 4) is 0 Å². The highest BCUT2D eigenvalue weighted by atomic mass is 28.3. The second-order valence-corrected chi connectivity index (χ2v) is 14.0. The maximum absolute atomic E-state index is 5.88. The SMILES string of the molecule is C[Si](C)(C)CCOCn1ccc2c(CNC3CCCCC3)ncnc21. The molecule has 0 atom stereocenters. The molecule has 0 radical (unpaired) electrons. The number of hydrogen-bond acceptors (Lipinski definition) is 4. The molecule has 6 heteroatoms. The molecule has 0 amide bonds. The van der Waals surface area contributed by atoms with Crippen LogP contribution in [0.4, 0.5) is 0 Å². The average molecular weight is 361 g/mol. The van der Waals surface area contributed by atoms with E-state index in [1.807, 2.05) is 0 Å². The molecule has 0 aliphatic heterocycles. The molecule has 3 rings (SSSR count). The van der Waals surface area contributed by atoms with Crippen LogP contribution in [0, 0.1) is 0 Å². The van der Waals surface area contributed by atoms with Gasteiger partial charge in [0.2, 0.25) is 0 Å². The van der Waals surface area contributed by atoms with Gasteiger partial charge < -0.3 is 14.6 Å². The fourth-order valence-corrected chi connectivity index (χ4v) is 4.15. The molecule has 0 saturated heterocycles. The lowest BCUT2D eigenvalue weighted by Gasteiger charge is -2.22. The maximum atomic E-state index is 5.88. The zero-order valence-electron chi connectivity index (χ0n) is 15.9. The van der Waals surface area contributed by atoms with Crippen molar-refractivity contribution >= 4 is 19.1 Å². The van der Waals surface area contributed by atoms with E-state index >= 15 is 0 Å². The van der Waals surface area contributed by atoms with E-state index in [-0.39, 0.29) is 0 Å². The number of ether oxygens (including phenoxy) is 1. The predicted molar refractivity (Wildman–Crippen MR) is 105 cm³/mol. The Morgan fingerprint density at radius 1 is 1.20 bits per heavy atom. The smallest absolute Gasteiger partial charge is 0.145 e. The number of hydrogen-bond donors (Lipinski definition) is 1. The Hall–Kier alpha value is -1.24. The standard InChI is InChI=1S/C19H32N4OSi/c1-25(2,3)12-11-24-15-23-10-9-17-18(21-14-22-19(17)23)13-20-16-7-5-4-6-8-16/h9-10,14,16,20H,4-8,11-13,15H2,1-3H3. The van der Waals surface area contributed by atoms with Crippen LogP contribution in [0.3, 0.4) is 0 Å². The monoisotopic (exact) mass is 360 g/mol. The summed E-state index contributed by atoms with van der Waals surface area (Å²) in [5.74, 6) is 0. The van der Waals surface area contributed by atoms with Crippen LogP contribution in [0.1, 0.15) is 37.8 Å². The largest absolute Gasteiger partial charge is 0.361 e. The topological polar surface area (TPSA) is 52.0 Å². The highest BCUT2D eigenvalue weighted by molar-refractivity contribution is 6.76. The van der Waals surface area contributed by atoms with Crippen molar-refractivity contribution in [2.45, 2.75) is 77.1 Å². The van der Waals surface area contributed by atoms with E-state index in [1.54, 1.807) is 6.33 Å². The third-order valence-electron chi connectivity index (χ3n) is 5.03. The molecule has 2 aromatic heterocycles. The number of aromatic nitrogens is 3. The van der Waals surface area contributed by atoms with Gasteiger partial charge in [0.05, 0.1) is 5.69 Å². The molecule has 1 saturated carbocycles. The van der Waals surface area contributed by atoms with Crippen molar-refractivity contribution in [2.75, 3.05) is 6.61 Å². The summed E-state index contributed by atoms with van der Waals surface area (Å²) in [5.41, 5.74) is 2.07. The summed E-state index contributed by atoms with van der Waals surface area (Å²) in [6.45, 7) is 9.35. The second-order valence-electron chi connectivity index (χ2n) is 8.41. The molecule has 1 N–H and O–H groups in total. The summed E-state index contributed by atoms with van der Waals surface area (Å²) in [6.07, 6.45) is 10.4. The molecule has 0 unspecified atom stereocenters. The molecular weight excluding hydrogens is 328 g/mol. The summed E-state index contributed by atoms with van der Waals surface area (Å²) in [6, 6.07) is 3.96. The van der Waals surface area contributed by atoms with Crippen molar-refractivity contribution in [3.63, 3.8) is 0 Å². The van der Waals surface area contributed by atoms with Gasteiger partial charge in [0.1, 0.15) is 18.7 Å². The molecule has 1 fully saturated rings. The molecular formula is C19H32N4OSi. The first-order valence-electron chi connectivity index (χ1n) is 9.63. The van der Waals surface area contributed by atoms with Crippen LogP contribution < -0.4 is 5.32 Å². The number of nitrogens with zero attached hydrogens (tertiary/aromatic N) is 3. The van der Waals surface area contributed by atoms with Gasteiger partial charge in [-0.15, -0.1) is 0 Å². The minimum absolute atomic E-state index is 0.570. The first-order chi connectivity index (χ1) is 12.0. The van der Waals surface area contributed by atoms with Gasteiger partial charge in [0.15, 0.2) is 0 Å². The molecule has 0 spiro atoms. The van der Waals surface area contributed by atoms with Gasteiger partial charge in [-0.1, -0.05) is 38.9 Å². The molecule has 0 bridgehead atoms. The van der Waals surface area contributed by atoms with Gasteiger partial charge in [0.25, 0.3) is 0 Å². The summed E-state index contributed by atoms with van der Waals surface area (Å²) in [5, 5.41) is 4.82. The van der Waals surface area contributed by atoms with Gasteiger partial charge in [-0.25, -0.2) is 9.97 Å². The van der Waals surface area contributed by atoms with Crippen LogP contribution in [0.15, 0.2) is 18.6 Å². The molecule has 2 heterocycles. The Balaban J connectivity index is 1.59. The molecule has 138 valence electrons. The predicted octanol–water partition coefficient (Wildman–Crippen LogP) is 4.17. The minimum Gasteiger partial charge on any atom is -0.361 e. The van der Waals surface area contributed by atoms with Crippen LogP contribution in [-0.4, -0.2) is 35.3 Å². The first kappa shape index (κ1) is 18.5. The zero-order valence-corrected chi connectivity index (χ0v) is 16.9. The van der Waals surface area contributed by atoms with E-state index in [1.165, 1.54) is 38.1 Å². The Morgan fingerprint density at radius 3 is 2.76 bits per heavy atom. The summed E-state index contributed by atoms with van der Waals surface area (Å²) in [4.78, 5) is 8.99. The second kappa shape index (κ2) is 8.43. The summed E-state index contributed by atoms with van der Waals surface area (Å²) >= 11 is 0. The highest BCUT2D eigenvalue weighted by Gasteiger charge is 2.15. The molecule has 5 nitrogen and oxygen atoms in total. The lowest BCUT2D eigenvalue weighted by molar-refractivity contribution is 0.0899. The maximum Gasteiger partial charge on any atom is 0.145 e. The first-order valence-corrected chi connectivity index (χ1v) is 13.3. The van der Waals surface area contributed by atoms with E-state index in [0.29, 0.717) is 12.8 Å². The van der Waals surface area contributed by atoms with Crippen LogP contribution in [0.2, 0.25) is 25.7 Å². The fourth-order valence-electron chi connectivity index (χ4n) is 3.39. The van der Waals surface area contributed by atoms with Gasteiger partial charge >= 0.3 is 0 Å². The summed E-state index contributed by atoms with van der Waals surface area (Å²) in [7, 11) is -1.04. The lowest BCUT2D eigenvalue weighted by atomic mass is 9.95. The van der Waals surface area contributed by atoms with Gasteiger partial charge in [-0.05, 0) is 25.0 Å². The van der Waals surface area contributed by atoms with Gasteiger partial charge in [-0.3, -0.25) is 0 Å². The molecule has 1 aliphatic rings. The van der Waals surface area contributed by atoms with Crippen molar-refractivity contribution in [1.29, 1.82) is 0 Å². The van der Waals surface area contributed by atoms with E-state index < -0.39 is 8.07 Å². The van der Waals surface area contributed by atoms with E-state index in [2.05, 4.69) is 51.8 Å². The summed E-state index contributed by atoms with van der Waals surface area (Å²) < 4.78 is 7.97. The van der Waals surface area contributed by atoms with Gasteiger partial charge in [0, 0.05) is 38.9 Å². The quantitative estimate of drug-likeness (QED) is 0.567. The molecule has 25 heavy (non-hydrogen) atoms. The number of nitrogens with one attached hydrogen (secondary N) is 1. The zero-order chi connectivity index (χ0) is 17.7. The van der Waals surface area contributed by atoms with Crippen LogP contribution in [-0.2, 0) is 18.0 Å².